The SMILES string of the molecule is CC(=O)NC(c1c[nH]c2ccccc12)c1c(-c2cccc([N+](=O)[O-])c2)nc2ccccn12. The number of aromatic amines is 1. The number of benzene rings is 2. The maximum Gasteiger partial charge on any atom is 0.270 e. The van der Waals surface area contributed by atoms with E-state index < -0.39 is 11.0 Å². The van der Waals surface area contributed by atoms with Crippen LogP contribution in [0.2, 0.25) is 0 Å². The molecule has 0 aliphatic heterocycles. The fourth-order valence-corrected chi connectivity index (χ4v) is 4.10. The Morgan fingerprint density at radius 2 is 1.94 bits per heavy atom. The summed E-state index contributed by atoms with van der Waals surface area (Å²) < 4.78 is 1.91. The first-order valence-corrected chi connectivity index (χ1v) is 10.1. The number of hydrogen-bond acceptors (Lipinski definition) is 4. The van der Waals surface area contributed by atoms with Gasteiger partial charge in [-0.1, -0.05) is 36.4 Å². The number of rotatable bonds is 5. The molecule has 0 saturated heterocycles. The van der Waals surface area contributed by atoms with E-state index in [2.05, 4.69) is 10.3 Å². The maximum absolute atomic E-state index is 12.3. The first-order valence-electron chi connectivity index (χ1n) is 10.1. The van der Waals surface area contributed by atoms with Crippen molar-refractivity contribution in [2.75, 3.05) is 0 Å². The van der Waals surface area contributed by atoms with Gasteiger partial charge in [-0.2, -0.15) is 0 Å². The lowest BCUT2D eigenvalue weighted by Crippen LogP contribution is -2.28. The van der Waals surface area contributed by atoms with Gasteiger partial charge >= 0.3 is 0 Å². The van der Waals surface area contributed by atoms with E-state index in [0.29, 0.717) is 16.9 Å². The number of aromatic nitrogens is 3. The van der Waals surface area contributed by atoms with Gasteiger partial charge in [0, 0.05) is 53.5 Å². The molecule has 8 heteroatoms. The molecule has 5 aromatic rings. The molecule has 0 fully saturated rings. The summed E-state index contributed by atoms with van der Waals surface area (Å²) in [6.07, 6.45) is 3.76. The molecule has 3 heterocycles. The topological polar surface area (TPSA) is 105 Å². The van der Waals surface area contributed by atoms with Crippen LogP contribution >= 0.6 is 0 Å². The average Bonchev–Trinajstić information content (AvgIpc) is 3.39. The van der Waals surface area contributed by atoms with E-state index in [4.69, 9.17) is 4.98 Å². The second-order valence-electron chi connectivity index (χ2n) is 7.51. The number of nitro benzene ring substituents is 1. The summed E-state index contributed by atoms with van der Waals surface area (Å²) in [6, 6.07) is 19.3. The van der Waals surface area contributed by atoms with Crippen molar-refractivity contribution in [2.24, 2.45) is 0 Å². The number of non-ortho nitro benzene ring substituents is 1. The summed E-state index contributed by atoms with van der Waals surface area (Å²) in [5.74, 6) is -0.198. The number of nitrogens with one attached hydrogen (secondary N) is 2. The van der Waals surface area contributed by atoms with Crippen molar-refractivity contribution in [1.29, 1.82) is 0 Å². The van der Waals surface area contributed by atoms with E-state index in [0.717, 1.165) is 22.2 Å². The van der Waals surface area contributed by atoms with E-state index >= 15 is 0 Å². The number of fused-ring (bicyclic) bond motifs is 2. The molecule has 0 aliphatic carbocycles. The first kappa shape index (κ1) is 19.5. The number of hydrogen-bond donors (Lipinski definition) is 2. The molecule has 0 aliphatic rings. The van der Waals surface area contributed by atoms with Gasteiger partial charge in [0.15, 0.2) is 0 Å². The number of H-pyrrole nitrogens is 1. The zero-order valence-electron chi connectivity index (χ0n) is 17.1. The van der Waals surface area contributed by atoms with Crippen molar-refractivity contribution in [3.63, 3.8) is 0 Å². The number of carbonyl (C=O) groups excluding carboxylic acids is 1. The fourth-order valence-electron chi connectivity index (χ4n) is 4.10. The highest BCUT2D eigenvalue weighted by Gasteiger charge is 2.27. The van der Waals surface area contributed by atoms with E-state index in [1.807, 2.05) is 59.3 Å². The molecule has 158 valence electrons. The molecular formula is C24H19N5O3. The Balaban J connectivity index is 1.80. The van der Waals surface area contributed by atoms with Crippen LogP contribution in [0.25, 0.3) is 27.8 Å². The minimum atomic E-state index is -0.532. The number of imidazole rings is 1. The van der Waals surface area contributed by atoms with E-state index in [1.165, 1.54) is 19.1 Å². The van der Waals surface area contributed by atoms with Crippen LogP contribution in [0.5, 0.6) is 0 Å². The van der Waals surface area contributed by atoms with E-state index in [-0.39, 0.29) is 11.6 Å². The molecule has 2 aromatic carbocycles. The summed E-state index contributed by atoms with van der Waals surface area (Å²) in [6.45, 7) is 1.47. The predicted octanol–water partition coefficient (Wildman–Crippen LogP) is 4.62. The molecule has 1 unspecified atom stereocenters. The van der Waals surface area contributed by atoms with Crippen LogP contribution < -0.4 is 5.32 Å². The third-order valence-corrected chi connectivity index (χ3v) is 5.45. The molecule has 3 aromatic heterocycles. The highest BCUT2D eigenvalue weighted by Crippen LogP contribution is 2.36. The second-order valence-corrected chi connectivity index (χ2v) is 7.51. The minimum absolute atomic E-state index is 0.0197. The Kier molecular flexibility index (Phi) is 4.67. The van der Waals surface area contributed by atoms with Gasteiger partial charge in [0.1, 0.15) is 5.65 Å². The summed E-state index contributed by atoms with van der Waals surface area (Å²) in [5, 5.41) is 15.4. The van der Waals surface area contributed by atoms with Crippen molar-refractivity contribution < 1.29 is 9.72 Å². The van der Waals surface area contributed by atoms with Crippen molar-refractivity contribution in [3.8, 4) is 11.3 Å². The average molecular weight is 425 g/mol. The van der Waals surface area contributed by atoms with Crippen molar-refractivity contribution >= 4 is 28.1 Å². The predicted molar refractivity (Wildman–Crippen MR) is 121 cm³/mol. The smallest absolute Gasteiger partial charge is 0.270 e. The molecule has 0 spiro atoms. The van der Waals surface area contributed by atoms with Crippen molar-refractivity contribution in [1.82, 2.24) is 19.7 Å². The number of pyridine rings is 1. The van der Waals surface area contributed by atoms with E-state index in [9.17, 15) is 14.9 Å². The molecule has 8 nitrogen and oxygen atoms in total. The van der Waals surface area contributed by atoms with Gasteiger partial charge in [-0.3, -0.25) is 14.9 Å². The third-order valence-electron chi connectivity index (χ3n) is 5.45. The van der Waals surface area contributed by atoms with E-state index in [1.54, 1.807) is 12.1 Å². The van der Waals surface area contributed by atoms with Gasteiger partial charge in [0.2, 0.25) is 5.91 Å². The highest BCUT2D eigenvalue weighted by atomic mass is 16.6. The van der Waals surface area contributed by atoms with Crippen LogP contribution in [0.4, 0.5) is 5.69 Å². The second kappa shape index (κ2) is 7.66. The molecule has 2 N–H and O–H groups in total. The minimum Gasteiger partial charge on any atom is -0.361 e. The van der Waals surface area contributed by atoms with Crippen LogP contribution in [0.15, 0.2) is 79.1 Å². The lowest BCUT2D eigenvalue weighted by atomic mass is 9.98. The van der Waals surface area contributed by atoms with Gasteiger partial charge in [-0.25, -0.2) is 4.98 Å². The normalized spacial score (nSPS) is 12.2. The third kappa shape index (κ3) is 3.27. The largest absolute Gasteiger partial charge is 0.361 e. The van der Waals surface area contributed by atoms with Crippen LogP contribution in [-0.4, -0.2) is 25.2 Å². The van der Waals surface area contributed by atoms with Crippen molar-refractivity contribution in [3.05, 3.63) is 100 Å². The van der Waals surface area contributed by atoms with Crippen LogP contribution in [-0.2, 0) is 4.79 Å². The van der Waals surface area contributed by atoms with Crippen LogP contribution in [0.1, 0.15) is 24.2 Å². The van der Waals surface area contributed by atoms with Gasteiger partial charge < -0.3 is 14.7 Å². The number of nitrogens with zero attached hydrogens (tertiary/aromatic N) is 3. The first-order chi connectivity index (χ1) is 15.5. The molecule has 0 bridgehead atoms. The van der Waals surface area contributed by atoms with Gasteiger partial charge in [-0.05, 0) is 18.2 Å². The number of amides is 1. The van der Waals surface area contributed by atoms with Crippen LogP contribution in [0, 0.1) is 10.1 Å². The Hall–Kier alpha value is -4.46. The van der Waals surface area contributed by atoms with Gasteiger partial charge in [0.05, 0.1) is 22.4 Å². The lowest BCUT2D eigenvalue weighted by molar-refractivity contribution is -0.384. The molecule has 0 radical (unpaired) electrons. The molecule has 1 amide bonds. The zero-order chi connectivity index (χ0) is 22.2. The summed E-state index contributed by atoms with van der Waals surface area (Å²) in [5.41, 5.74) is 4.39. The summed E-state index contributed by atoms with van der Waals surface area (Å²) >= 11 is 0. The Bertz CT molecular complexity index is 1480. The number of para-hydroxylation sites is 1. The van der Waals surface area contributed by atoms with Crippen LogP contribution in [0.3, 0.4) is 0 Å². The monoisotopic (exact) mass is 425 g/mol. The summed E-state index contributed by atoms with van der Waals surface area (Å²) in [7, 11) is 0. The summed E-state index contributed by atoms with van der Waals surface area (Å²) in [4.78, 5) is 31.3. The number of carbonyl (C=O) groups is 1. The Morgan fingerprint density at radius 3 is 2.75 bits per heavy atom. The molecule has 32 heavy (non-hydrogen) atoms. The van der Waals surface area contributed by atoms with Gasteiger partial charge in [0.25, 0.3) is 5.69 Å². The fraction of sp³-hybridized carbons (Fsp3) is 0.0833. The lowest BCUT2D eigenvalue weighted by Gasteiger charge is -2.19. The highest BCUT2D eigenvalue weighted by molar-refractivity contribution is 5.86. The Labute approximate surface area is 182 Å². The maximum atomic E-state index is 12.3. The van der Waals surface area contributed by atoms with Crippen molar-refractivity contribution in [2.45, 2.75) is 13.0 Å². The molecule has 0 saturated carbocycles. The standard InChI is InChI=1S/C24H19N5O3/c1-15(30)26-23(19-14-25-20-10-3-2-9-18(19)20)24-22(27-21-11-4-5-12-28(21)24)16-7-6-8-17(13-16)29(31)32/h2-14,23,25H,1H3,(H,26,30). The molecule has 5 rings (SSSR count). The number of nitro groups is 1. The Morgan fingerprint density at radius 1 is 1.12 bits per heavy atom. The quantitative estimate of drug-likeness (QED) is 0.317. The molecule has 1 atom stereocenters. The zero-order valence-corrected chi connectivity index (χ0v) is 17.1. The molecular weight excluding hydrogens is 406 g/mol. The van der Waals surface area contributed by atoms with Gasteiger partial charge in [-0.15, -0.1) is 0 Å².